The van der Waals surface area contributed by atoms with E-state index in [1.807, 2.05) is 6.07 Å². The molecule has 0 radical (unpaired) electrons. The number of rotatable bonds is 4. The number of carbonyl (C=O) groups excluding carboxylic acids is 1. The molecule has 152 valence electrons. The predicted octanol–water partition coefficient (Wildman–Crippen LogP) is 3.50. The van der Waals surface area contributed by atoms with Crippen LogP contribution in [-0.2, 0) is 9.53 Å². The van der Waals surface area contributed by atoms with E-state index >= 15 is 0 Å². The maximum absolute atomic E-state index is 14.3. The molecular weight excluding hydrogens is 391 g/mol. The molecule has 8 heteroatoms. The predicted molar refractivity (Wildman–Crippen MR) is 112 cm³/mol. The first kappa shape index (κ1) is 18.7. The third-order valence-electron chi connectivity index (χ3n) is 5.90. The number of hydrogen-bond donors (Lipinski definition) is 1. The number of hydrogen-bond acceptors (Lipinski definition) is 6. The molecule has 6 nitrogen and oxygen atoms in total. The summed E-state index contributed by atoms with van der Waals surface area (Å²) < 4.78 is 21.7. The summed E-state index contributed by atoms with van der Waals surface area (Å²) in [5.74, 6) is 0.732. The smallest absolute Gasteiger partial charge is 0.223 e. The summed E-state index contributed by atoms with van der Waals surface area (Å²) in [6.07, 6.45) is 5.34. The van der Waals surface area contributed by atoms with E-state index in [4.69, 9.17) is 4.74 Å². The van der Waals surface area contributed by atoms with E-state index in [1.165, 1.54) is 23.7 Å². The van der Waals surface area contributed by atoms with E-state index in [1.54, 1.807) is 6.07 Å². The number of aromatic nitrogens is 2. The average molecular weight is 415 g/mol. The summed E-state index contributed by atoms with van der Waals surface area (Å²) in [5.41, 5.74) is 0.671. The van der Waals surface area contributed by atoms with Crippen LogP contribution in [0, 0.1) is 11.7 Å². The van der Waals surface area contributed by atoms with Crippen LogP contribution >= 0.6 is 11.3 Å². The van der Waals surface area contributed by atoms with E-state index in [0.29, 0.717) is 17.4 Å². The standard InChI is InChI=1S/C21H23FN4O2S/c22-15-4-1-5-16-17(15)18-19(29-16)20(25-12-24-18)26-8-6-13(7-9-26)21(27)23-11-14-3-2-10-28-14/h1,4-5,12-14H,2-3,6-11H2,(H,23,27). The van der Waals surface area contributed by atoms with Crippen LogP contribution < -0.4 is 10.2 Å². The van der Waals surface area contributed by atoms with Crippen molar-refractivity contribution in [3.63, 3.8) is 0 Å². The largest absolute Gasteiger partial charge is 0.376 e. The molecule has 2 aliphatic heterocycles. The lowest BCUT2D eigenvalue weighted by Gasteiger charge is -2.32. The van der Waals surface area contributed by atoms with Crippen molar-refractivity contribution in [2.45, 2.75) is 31.8 Å². The van der Waals surface area contributed by atoms with Crippen molar-refractivity contribution in [1.82, 2.24) is 15.3 Å². The molecule has 3 aromatic rings. The van der Waals surface area contributed by atoms with Crippen molar-refractivity contribution in [2.75, 3.05) is 31.1 Å². The highest BCUT2D eigenvalue weighted by molar-refractivity contribution is 7.26. The Kier molecular flexibility index (Phi) is 5.05. The maximum atomic E-state index is 14.3. The fraction of sp³-hybridized carbons (Fsp3) is 0.476. The fourth-order valence-electron chi connectivity index (χ4n) is 4.31. The highest BCUT2D eigenvalue weighted by atomic mass is 32.1. The zero-order valence-corrected chi connectivity index (χ0v) is 16.9. The summed E-state index contributed by atoms with van der Waals surface area (Å²) >= 11 is 1.53. The number of anilines is 1. The second kappa shape index (κ2) is 7.84. The molecule has 5 rings (SSSR count). The normalized spacial score (nSPS) is 20.6. The van der Waals surface area contributed by atoms with Gasteiger partial charge in [0.25, 0.3) is 0 Å². The monoisotopic (exact) mass is 414 g/mol. The molecule has 0 spiro atoms. The van der Waals surface area contributed by atoms with Crippen molar-refractivity contribution in [3.8, 4) is 0 Å². The van der Waals surface area contributed by atoms with Crippen LogP contribution in [0.4, 0.5) is 10.2 Å². The van der Waals surface area contributed by atoms with E-state index in [2.05, 4.69) is 20.2 Å². The fourth-order valence-corrected chi connectivity index (χ4v) is 5.50. The number of nitrogens with one attached hydrogen (secondary N) is 1. The average Bonchev–Trinajstić information content (AvgIpc) is 3.40. The van der Waals surface area contributed by atoms with Crippen molar-refractivity contribution in [3.05, 3.63) is 30.3 Å². The Labute approximate surface area is 172 Å². The number of benzene rings is 1. The Balaban J connectivity index is 1.29. The Morgan fingerprint density at radius 3 is 2.93 bits per heavy atom. The quantitative estimate of drug-likeness (QED) is 0.708. The van der Waals surface area contributed by atoms with Gasteiger partial charge in [-0.1, -0.05) is 6.07 Å². The van der Waals surface area contributed by atoms with Gasteiger partial charge in [-0.25, -0.2) is 14.4 Å². The molecule has 0 saturated carbocycles. The van der Waals surface area contributed by atoms with E-state index in [9.17, 15) is 9.18 Å². The third-order valence-corrected chi connectivity index (χ3v) is 7.04. The highest BCUT2D eigenvalue weighted by Crippen LogP contribution is 2.39. The molecular formula is C21H23FN4O2S. The zero-order valence-electron chi connectivity index (χ0n) is 16.1. The van der Waals surface area contributed by atoms with Crippen LogP contribution in [-0.4, -0.2) is 48.2 Å². The minimum atomic E-state index is -0.250. The van der Waals surface area contributed by atoms with Gasteiger partial charge in [-0.2, -0.15) is 0 Å². The first-order valence-corrected chi connectivity index (χ1v) is 11.0. The maximum Gasteiger partial charge on any atom is 0.223 e. The second-order valence-electron chi connectivity index (χ2n) is 7.73. The van der Waals surface area contributed by atoms with Gasteiger partial charge < -0.3 is 15.0 Å². The van der Waals surface area contributed by atoms with E-state index in [0.717, 1.165) is 60.6 Å². The van der Waals surface area contributed by atoms with E-state index in [-0.39, 0.29) is 23.7 Å². The summed E-state index contributed by atoms with van der Waals surface area (Å²) in [4.78, 5) is 23.6. The molecule has 2 aliphatic rings. The summed E-state index contributed by atoms with van der Waals surface area (Å²) in [7, 11) is 0. The van der Waals surface area contributed by atoms with E-state index < -0.39 is 0 Å². The number of nitrogens with zero attached hydrogens (tertiary/aromatic N) is 3. The highest BCUT2D eigenvalue weighted by Gasteiger charge is 2.28. The molecule has 2 aromatic heterocycles. The lowest BCUT2D eigenvalue weighted by molar-refractivity contribution is -0.126. The Bertz CT molecular complexity index is 1040. The molecule has 1 unspecified atom stereocenters. The van der Waals surface area contributed by atoms with Gasteiger partial charge in [-0.3, -0.25) is 4.79 Å². The molecule has 0 aliphatic carbocycles. The SMILES string of the molecule is O=C(NCC1CCCO1)C1CCN(c2ncnc3c2sc2cccc(F)c23)CC1. The van der Waals surface area contributed by atoms with Crippen LogP contribution in [0.2, 0.25) is 0 Å². The molecule has 1 amide bonds. The lowest BCUT2D eigenvalue weighted by Crippen LogP contribution is -2.42. The van der Waals surface area contributed by atoms with Crippen LogP contribution in [0.1, 0.15) is 25.7 Å². The molecule has 1 atom stereocenters. The van der Waals surface area contributed by atoms with Gasteiger partial charge in [-0.05, 0) is 37.8 Å². The van der Waals surface area contributed by atoms with Crippen molar-refractivity contribution >= 4 is 43.4 Å². The van der Waals surface area contributed by atoms with Crippen molar-refractivity contribution < 1.29 is 13.9 Å². The Morgan fingerprint density at radius 1 is 1.28 bits per heavy atom. The molecule has 4 heterocycles. The molecule has 1 aromatic carbocycles. The minimum Gasteiger partial charge on any atom is -0.376 e. The molecule has 1 N–H and O–H groups in total. The number of fused-ring (bicyclic) bond motifs is 3. The zero-order chi connectivity index (χ0) is 19.8. The minimum absolute atomic E-state index is 0.0184. The van der Waals surface area contributed by atoms with Crippen LogP contribution in [0.5, 0.6) is 0 Å². The molecule has 2 saturated heterocycles. The summed E-state index contributed by atoms with van der Waals surface area (Å²) in [6.45, 7) is 2.91. The van der Waals surface area contributed by atoms with Gasteiger partial charge in [0.05, 0.1) is 21.7 Å². The number of halogens is 1. The first-order valence-electron chi connectivity index (χ1n) is 10.2. The molecule has 2 fully saturated rings. The summed E-state index contributed by atoms with van der Waals surface area (Å²) in [6, 6.07) is 5.11. The third kappa shape index (κ3) is 3.55. The molecule has 29 heavy (non-hydrogen) atoms. The van der Waals surface area contributed by atoms with Crippen LogP contribution in [0.25, 0.3) is 20.3 Å². The number of ether oxygens (including phenoxy) is 1. The van der Waals surface area contributed by atoms with Crippen LogP contribution in [0.3, 0.4) is 0 Å². The Morgan fingerprint density at radius 2 is 2.14 bits per heavy atom. The van der Waals surface area contributed by atoms with Gasteiger partial charge in [-0.15, -0.1) is 11.3 Å². The van der Waals surface area contributed by atoms with Crippen molar-refractivity contribution in [1.29, 1.82) is 0 Å². The van der Waals surface area contributed by atoms with Crippen LogP contribution in [0.15, 0.2) is 24.5 Å². The number of carbonyl (C=O) groups is 1. The van der Waals surface area contributed by atoms with Gasteiger partial charge in [0.2, 0.25) is 5.91 Å². The van der Waals surface area contributed by atoms with Gasteiger partial charge in [0.15, 0.2) is 0 Å². The number of thiophene rings is 1. The topological polar surface area (TPSA) is 67.3 Å². The number of piperidine rings is 1. The first-order chi connectivity index (χ1) is 14.2. The molecule has 0 bridgehead atoms. The van der Waals surface area contributed by atoms with Crippen molar-refractivity contribution in [2.24, 2.45) is 5.92 Å². The van der Waals surface area contributed by atoms with Gasteiger partial charge in [0, 0.05) is 36.9 Å². The Hall–Kier alpha value is -2.32. The van der Waals surface area contributed by atoms with Gasteiger partial charge in [0.1, 0.15) is 18.0 Å². The number of amides is 1. The second-order valence-corrected chi connectivity index (χ2v) is 8.78. The van der Waals surface area contributed by atoms with Gasteiger partial charge >= 0.3 is 0 Å². The summed E-state index contributed by atoms with van der Waals surface area (Å²) in [5, 5.41) is 3.62. The lowest BCUT2D eigenvalue weighted by atomic mass is 9.96.